The van der Waals surface area contributed by atoms with E-state index in [1.54, 1.807) is 85.7 Å². The Labute approximate surface area is 379 Å². The van der Waals surface area contributed by atoms with Gasteiger partial charge in [-0.1, -0.05) is 13.8 Å². The highest BCUT2D eigenvalue weighted by Crippen LogP contribution is 2.57. The zero-order valence-corrected chi connectivity index (χ0v) is 38.0. The minimum Gasteiger partial charge on any atom is -0.456 e. The minimum atomic E-state index is -1.64. The van der Waals surface area contributed by atoms with Crippen molar-refractivity contribution >= 4 is 46.7 Å². The van der Waals surface area contributed by atoms with Gasteiger partial charge in [-0.2, -0.15) is 10.1 Å². The number of benzene rings is 3. The number of hydrogen-bond donors (Lipinski definition) is 4. The van der Waals surface area contributed by atoms with Gasteiger partial charge >= 0.3 is 17.9 Å². The first-order valence-electron chi connectivity index (χ1n) is 21.8. The second-order valence-corrected chi connectivity index (χ2v) is 19.0. The van der Waals surface area contributed by atoms with Crippen molar-refractivity contribution in [3.63, 3.8) is 0 Å². The van der Waals surface area contributed by atoms with E-state index < -0.39 is 58.1 Å². The van der Waals surface area contributed by atoms with Gasteiger partial charge in [0.1, 0.15) is 28.4 Å². The summed E-state index contributed by atoms with van der Waals surface area (Å²) >= 11 is 0. The van der Waals surface area contributed by atoms with E-state index in [-0.39, 0.29) is 82.5 Å². The zero-order chi connectivity index (χ0) is 47.5. The molecule has 3 aliphatic rings. The number of aliphatic hydroxyl groups is 1. The van der Waals surface area contributed by atoms with Crippen LogP contribution in [0.1, 0.15) is 124 Å². The van der Waals surface area contributed by atoms with Crippen LogP contribution in [0.4, 0.5) is 5.95 Å². The van der Waals surface area contributed by atoms with E-state index in [1.807, 2.05) is 0 Å². The number of aliphatic hydroxyl groups excluding tert-OH is 1. The van der Waals surface area contributed by atoms with E-state index in [1.165, 1.54) is 28.9 Å². The van der Waals surface area contributed by atoms with Crippen LogP contribution in [-0.4, -0.2) is 73.8 Å². The number of nitrogens with one attached hydrogen (secondary N) is 3. The number of hydrogen-bond acceptors (Lipinski definition) is 14. The van der Waals surface area contributed by atoms with Crippen molar-refractivity contribution in [1.29, 1.82) is 0 Å². The molecule has 4 N–H and O–H groups in total. The number of rotatable bonds is 11. The van der Waals surface area contributed by atoms with E-state index in [0.717, 1.165) is 0 Å². The van der Waals surface area contributed by atoms with E-state index in [2.05, 4.69) is 20.6 Å². The third-order valence-corrected chi connectivity index (χ3v) is 11.5. The van der Waals surface area contributed by atoms with Crippen molar-refractivity contribution in [3.8, 4) is 23.0 Å². The zero-order valence-electron chi connectivity index (χ0n) is 38.0. The van der Waals surface area contributed by atoms with E-state index in [9.17, 15) is 33.9 Å². The molecule has 1 spiro atoms. The molecular weight excluding hydrogens is 853 g/mol. The fourth-order valence-corrected chi connectivity index (χ4v) is 7.84. The number of aryl methyl sites for hydroxylation is 1. The second-order valence-electron chi connectivity index (χ2n) is 19.0. The summed E-state index contributed by atoms with van der Waals surface area (Å²) in [5.74, 6) is -2.03. The molecule has 2 amide bonds. The van der Waals surface area contributed by atoms with Gasteiger partial charge in [-0.15, -0.1) is 0 Å². The molecule has 2 aromatic heterocycles. The van der Waals surface area contributed by atoms with Crippen LogP contribution in [0.25, 0.3) is 11.0 Å². The molecule has 1 fully saturated rings. The number of carbonyl (C=O) groups is 5. The summed E-state index contributed by atoms with van der Waals surface area (Å²) in [4.78, 5) is 86.6. The summed E-state index contributed by atoms with van der Waals surface area (Å²) in [6, 6.07) is 14.1. The normalized spacial score (nSPS) is 17.2. The fourth-order valence-electron chi connectivity index (χ4n) is 7.84. The SMILES string of the molecule is CC(C)C(=O)Nc1nc2c(c(CCCNC(=O)c3ccc4c(c3)C3(OC4=O)c4ccc(OC(=O)C(C)(C)C)cc4Oc4cc(OC(=O)C(C)(C)C)ccc43)nn2[C@H]2CC[C@@H](CO)O2)c(=O)[nH]1. The smallest absolute Gasteiger partial charge is 0.340 e. The summed E-state index contributed by atoms with van der Waals surface area (Å²) in [5.41, 5.74) is -1.56. The maximum absolute atomic E-state index is 13.9. The number of carbonyl (C=O) groups excluding carboxylic acids is 5. The minimum absolute atomic E-state index is 0.0310. The average Bonchev–Trinajstić information content (AvgIpc) is 3.96. The highest BCUT2D eigenvalue weighted by molar-refractivity contribution is 6.01. The number of anilines is 1. The quantitative estimate of drug-likeness (QED) is 0.0654. The van der Waals surface area contributed by atoms with Gasteiger partial charge in [0.25, 0.3) is 11.5 Å². The lowest BCUT2D eigenvalue weighted by Gasteiger charge is -2.37. The molecule has 0 bridgehead atoms. The van der Waals surface area contributed by atoms with Crippen LogP contribution in [-0.2, 0) is 35.9 Å². The Kier molecular flexibility index (Phi) is 11.9. The average molecular weight is 905 g/mol. The van der Waals surface area contributed by atoms with Crippen molar-refractivity contribution in [2.45, 2.75) is 99.0 Å². The first-order valence-corrected chi connectivity index (χ1v) is 21.8. The van der Waals surface area contributed by atoms with Crippen molar-refractivity contribution in [2.75, 3.05) is 18.5 Å². The second kappa shape index (κ2) is 17.1. The lowest BCUT2D eigenvalue weighted by Crippen LogP contribution is -2.33. The summed E-state index contributed by atoms with van der Waals surface area (Å²) in [6.07, 6.45) is 0.700. The molecule has 18 heteroatoms. The van der Waals surface area contributed by atoms with E-state index in [4.69, 9.17) is 28.8 Å². The summed E-state index contributed by atoms with van der Waals surface area (Å²) in [6.45, 7) is 13.8. The Morgan fingerprint density at radius 3 is 2.11 bits per heavy atom. The van der Waals surface area contributed by atoms with E-state index in [0.29, 0.717) is 41.6 Å². The van der Waals surface area contributed by atoms with Crippen LogP contribution < -0.4 is 30.4 Å². The molecule has 3 aliphatic heterocycles. The fraction of sp³-hybridized carbons (Fsp3) is 0.417. The summed E-state index contributed by atoms with van der Waals surface area (Å²) in [5, 5.41) is 20.2. The molecule has 0 radical (unpaired) electrons. The topological polar surface area (TPSA) is 239 Å². The van der Waals surface area contributed by atoms with Crippen LogP contribution in [0, 0.1) is 16.7 Å². The Morgan fingerprint density at radius 2 is 1.53 bits per heavy atom. The van der Waals surface area contributed by atoms with Crippen LogP contribution in [0.5, 0.6) is 23.0 Å². The Balaban J connectivity index is 1.08. The van der Waals surface area contributed by atoms with Gasteiger partial charge in [-0.25, -0.2) is 9.48 Å². The molecule has 18 nitrogen and oxygen atoms in total. The molecule has 2 atom stereocenters. The molecule has 0 aliphatic carbocycles. The maximum Gasteiger partial charge on any atom is 0.340 e. The molecule has 0 saturated carbocycles. The van der Waals surface area contributed by atoms with Crippen molar-refractivity contribution < 1.29 is 52.8 Å². The standard InChI is InChI=1S/C48H52N6O12/c1-24(2)39(56)51-45-50-38-37(41(58)52-45)33(53-54(38)36-18-14-28(23-55)62-36)10-9-19-49-40(57)25-11-15-29-32(20-25)48(66-42(29)59)30-16-12-26(63-43(60)46(3,4)5)21-34(30)65-35-22-27(13-17-31(35)48)64-44(61)47(6,7)8/h11-13,15-17,20-22,24,28,36,55H,9-10,14,18-19,23H2,1-8H3,(H,49,57)(H2,50,51,52,56,58)/t28-,36+/m0/s1. The third-order valence-electron chi connectivity index (χ3n) is 11.5. The summed E-state index contributed by atoms with van der Waals surface area (Å²) in [7, 11) is 0. The van der Waals surface area contributed by atoms with Crippen LogP contribution in [0.15, 0.2) is 59.4 Å². The highest BCUT2D eigenvalue weighted by Gasteiger charge is 2.54. The van der Waals surface area contributed by atoms with Gasteiger partial charge in [-0.3, -0.25) is 34.3 Å². The third kappa shape index (κ3) is 8.53. The molecule has 5 heterocycles. The predicted octanol–water partition coefficient (Wildman–Crippen LogP) is 6.22. The van der Waals surface area contributed by atoms with Crippen LogP contribution in [0.3, 0.4) is 0 Å². The molecule has 5 aromatic rings. The lowest BCUT2D eigenvalue weighted by atomic mass is 9.77. The van der Waals surface area contributed by atoms with Crippen molar-refractivity contribution in [3.05, 3.63) is 98.5 Å². The number of amides is 2. The molecule has 0 unspecified atom stereocenters. The maximum atomic E-state index is 13.9. The first-order chi connectivity index (χ1) is 31.2. The molecule has 66 heavy (non-hydrogen) atoms. The molecule has 3 aromatic carbocycles. The molecule has 346 valence electrons. The Hall–Kier alpha value is -6.92. The summed E-state index contributed by atoms with van der Waals surface area (Å²) < 4.78 is 31.6. The van der Waals surface area contributed by atoms with Gasteiger partial charge in [0.05, 0.1) is 34.8 Å². The first kappa shape index (κ1) is 45.6. The number of H-pyrrole nitrogens is 1. The largest absolute Gasteiger partial charge is 0.456 e. The van der Waals surface area contributed by atoms with Gasteiger partial charge in [-0.05, 0) is 110 Å². The van der Waals surface area contributed by atoms with Gasteiger partial charge in [0.15, 0.2) is 17.5 Å². The number of aromatic nitrogens is 4. The lowest BCUT2D eigenvalue weighted by molar-refractivity contribution is -0.143. The predicted molar refractivity (Wildman–Crippen MR) is 237 cm³/mol. The van der Waals surface area contributed by atoms with Crippen LogP contribution >= 0.6 is 0 Å². The highest BCUT2D eigenvalue weighted by atomic mass is 16.6. The number of nitrogens with zero attached hydrogens (tertiary/aromatic N) is 3. The van der Waals surface area contributed by atoms with Gasteiger partial charge in [0.2, 0.25) is 11.9 Å². The monoisotopic (exact) mass is 904 g/mol. The number of fused-ring (bicyclic) bond motifs is 7. The molecular formula is C48H52N6O12. The van der Waals surface area contributed by atoms with Gasteiger partial charge in [0, 0.05) is 46.8 Å². The number of aromatic amines is 1. The van der Waals surface area contributed by atoms with Gasteiger partial charge < -0.3 is 34.1 Å². The van der Waals surface area contributed by atoms with Crippen molar-refractivity contribution in [2.24, 2.45) is 16.7 Å². The van der Waals surface area contributed by atoms with Crippen LogP contribution in [0.2, 0.25) is 0 Å². The van der Waals surface area contributed by atoms with E-state index >= 15 is 0 Å². The molecule has 8 rings (SSSR count). The Bertz CT molecular complexity index is 2790. The number of ether oxygens (including phenoxy) is 5. The number of esters is 3. The molecule has 1 saturated heterocycles. The van der Waals surface area contributed by atoms with Crippen molar-refractivity contribution in [1.82, 2.24) is 25.1 Å². The Morgan fingerprint density at radius 1 is 0.894 bits per heavy atom.